The highest BCUT2D eigenvalue weighted by Gasteiger charge is 2.14. The largest absolute Gasteiger partial charge is 0.491 e. The van der Waals surface area contributed by atoms with Crippen molar-refractivity contribution in [3.8, 4) is 5.75 Å². The summed E-state index contributed by atoms with van der Waals surface area (Å²) in [5, 5.41) is 9.05. The van der Waals surface area contributed by atoms with E-state index in [0.717, 1.165) is 19.6 Å². The predicted molar refractivity (Wildman–Crippen MR) is 69.0 cm³/mol. The summed E-state index contributed by atoms with van der Waals surface area (Å²) >= 11 is 0. The third-order valence-electron chi connectivity index (χ3n) is 3.10. The normalized spacial score (nSPS) is 15.8. The molecule has 1 aliphatic rings. The van der Waals surface area contributed by atoms with E-state index in [4.69, 9.17) is 15.6 Å². The Kier molecular flexibility index (Phi) is 4.04. The Balaban J connectivity index is 1.93. The second-order valence-electron chi connectivity index (χ2n) is 4.46. The van der Waals surface area contributed by atoms with E-state index in [1.165, 1.54) is 18.9 Å². The lowest BCUT2D eigenvalue weighted by Crippen LogP contribution is -2.25. The number of nitrogens with two attached hydrogens (primary N) is 1. The highest BCUT2D eigenvalue weighted by Crippen LogP contribution is 2.21. The number of hydrogen-bond acceptors (Lipinski definition) is 4. The van der Waals surface area contributed by atoms with Gasteiger partial charge in [-0.1, -0.05) is 0 Å². The number of likely N-dealkylation sites (tertiary alicyclic amines) is 1. The van der Waals surface area contributed by atoms with Crippen molar-refractivity contribution in [2.45, 2.75) is 12.8 Å². The minimum Gasteiger partial charge on any atom is -0.491 e. The van der Waals surface area contributed by atoms with Gasteiger partial charge in [-0.25, -0.2) is 4.79 Å². The van der Waals surface area contributed by atoms with Crippen LogP contribution >= 0.6 is 0 Å². The lowest BCUT2D eigenvalue weighted by atomic mass is 10.2. The Morgan fingerprint density at radius 3 is 2.78 bits per heavy atom. The number of benzene rings is 1. The van der Waals surface area contributed by atoms with Crippen LogP contribution in [0.15, 0.2) is 18.2 Å². The molecule has 1 saturated heterocycles. The zero-order chi connectivity index (χ0) is 13.0. The molecule has 0 unspecified atom stereocenters. The summed E-state index contributed by atoms with van der Waals surface area (Å²) in [6, 6.07) is 4.69. The van der Waals surface area contributed by atoms with Gasteiger partial charge in [0.15, 0.2) is 0 Å². The summed E-state index contributed by atoms with van der Waals surface area (Å²) < 4.78 is 5.54. The Labute approximate surface area is 106 Å². The van der Waals surface area contributed by atoms with Crippen molar-refractivity contribution in [3.05, 3.63) is 23.8 Å². The maximum atomic E-state index is 11.0. The average Bonchev–Trinajstić information content (AvgIpc) is 2.84. The Morgan fingerprint density at radius 2 is 2.11 bits per heavy atom. The van der Waals surface area contributed by atoms with Gasteiger partial charge in [0.1, 0.15) is 17.9 Å². The molecule has 1 aliphatic heterocycles. The maximum absolute atomic E-state index is 11.0. The number of hydrogen-bond donors (Lipinski definition) is 2. The van der Waals surface area contributed by atoms with Crippen LogP contribution in [-0.2, 0) is 0 Å². The highest BCUT2D eigenvalue weighted by molar-refractivity contribution is 5.92. The number of rotatable bonds is 5. The van der Waals surface area contributed by atoms with Crippen LogP contribution in [-0.4, -0.2) is 42.2 Å². The molecule has 1 heterocycles. The topological polar surface area (TPSA) is 75.8 Å². The van der Waals surface area contributed by atoms with Crippen molar-refractivity contribution >= 4 is 11.7 Å². The molecule has 0 atom stereocenters. The molecule has 0 radical (unpaired) electrons. The van der Waals surface area contributed by atoms with Crippen LogP contribution in [0.1, 0.15) is 23.2 Å². The highest BCUT2D eigenvalue weighted by atomic mass is 16.5. The van der Waals surface area contributed by atoms with Gasteiger partial charge < -0.3 is 15.6 Å². The van der Waals surface area contributed by atoms with Crippen molar-refractivity contribution in [2.24, 2.45) is 0 Å². The molecule has 98 valence electrons. The molecular weight excluding hydrogens is 232 g/mol. The maximum Gasteiger partial charge on any atom is 0.339 e. The number of aromatic carboxylic acids is 1. The number of anilines is 1. The van der Waals surface area contributed by atoms with E-state index >= 15 is 0 Å². The molecule has 0 bridgehead atoms. The fraction of sp³-hybridized carbons (Fsp3) is 0.462. The van der Waals surface area contributed by atoms with Gasteiger partial charge in [0.05, 0.1) is 0 Å². The average molecular weight is 250 g/mol. The fourth-order valence-electron chi connectivity index (χ4n) is 2.13. The van der Waals surface area contributed by atoms with Gasteiger partial charge in [-0.3, -0.25) is 4.90 Å². The van der Waals surface area contributed by atoms with Gasteiger partial charge in [-0.15, -0.1) is 0 Å². The lowest BCUT2D eigenvalue weighted by molar-refractivity contribution is 0.0692. The summed E-state index contributed by atoms with van der Waals surface area (Å²) in [4.78, 5) is 13.4. The van der Waals surface area contributed by atoms with E-state index < -0.39 is 5.97 Å². The number of nitrogens with zero attached hydrogens (tertiary/aromatic N) is 1. The number of carboxylic acid groups (broad SMARTS) is 1. The van der Waals surface area contributed by atoms with Crippen LogP contribution in [0.4, 0.5) is 5.69 Å². The molecule has 1 aromatic carbocycles. The van der Waals surface area contributed by atoms with Gasteiger partial charge >= 0.3 is 5.97 Å². The number of carboxylic acids is 1. The number of nitrogen functional groups attached to an aromatic ring is 1. The van der Waals surface area contributed by atoms with Gasteiger partial charge in [-0.05, 0) is 44.1 Å². The molecule has 0 saturated carbocycles. The van der Waals surface area contributed by atoms with Crippen molar-refractivity contribution in [1.82, 2.24) is 4.90 Å². The van der Waals surface area contributed by atoms with E-state index in [-0.39, 0.29) is 5.56 Å². The molecule has 2 rings (SSSR count). The Morgan fingerprint density at radius 1 is 1.39 bits per heavy atom. The predicted octanol–water partition coefficient (Wildman–Crippen LogP) is 1.44. The van der Waals surface area contributed by atoms with Crippen LogP contribution in [0.5, 0.6) is 5.75 Å². The van der Waals surface area contributed by atoms with E-state index in [9.17, 15) is 4.79 Å². The molecule has 1 fully saturated rings. The van der Waals surface area contributed by atoms with Crippen LogP contribution < -0.4 is 10.5 Å². The number of carbonyl (C=O) groups is 1. The third-order valence-corrected chi connectivity index (χ3v) is 3.10. The summed E-state index contributed by atoms with van der Waals surface area (Å²) in [5.74, 6) is -0.630. The van der Waals surface area contributed by atoms with Crippen molar-refractivity contribution in [2.75, 3.05) is 32.0 Å². The third kappa shape index (κ3) is 3.13. The summed E-state index contributed by atoms with van der Waals surface area (Å²) in [6.07, 6.45) is 2.48. The SMILES string of the molecule is Nc1ccc(OCCN2CCCC2)c(C(=O)O)c1. The monoisotopic (exact) mass is 250 g/mol. The van der Waals surface area contributed by atoms with Crippen LogP contribution in [0.3, 0.4) is 0 Å². The first-order valence-corrected chi connectivity index (χ1v) is 6.15. The molecular formula is C13H18N2O3. The van der Waals surface area contributed by atoms with Crippen LogP contribution in [0.25, 0.3) is 0 Å². The summed E-state index contributed by atoms with van der Waals surface area (Å²) in [7, 11) is 0. The van der Waals surface area contributed by atoms with Gasteiger partial charge in [0.2, 0.25) is 0 Å². The zero-order valence-corrected chi connectivity index (χ0v) is 10.3. The van der Waals surface area contributed by atoms with Crippen molar-refractivity contribution in [3.63, 3.8) is 0 Å². The molecule has 0 spiro atoms. The summed E-state index contributed by atoms with van der Waals surface area (Å²) in [6.45, 7) is 3.56. The van der Waals surface area contributed by atoms with Gasteiger partial charge in [-0.2, -0.15) is 0 Å². The second-order valence-corrected chi connectivity index (χ2v) is 4.46. The molecule has 0 amide bonds. The van der Waals surface area contributed by atoms with Crippen LogP contribution in [0, 0.1) is 0 Å². The van der Waals surface area contributed by atoms with E-state index in [2.05, 4.69) is 4.90 Å². The first kappa shape index (κ1) is 12.7. The molecule has 0 aromatic heterocycles. The van der Waals surface area contributed by atoms with Crippen molar-refractivity contribution < 1.29 is 14.6 Å². The minimum absolute atomic E-state index is 0.122. The molecule has 1 aromatic rings. The Hall–Kier alpha value is -1.75. The zero-order valence-electron chi connectivity index (χ0n) is 10.3. The standard InChI is InChI=1S/C13H18N2O3/c14-10-3-4-12(11(9-10)13(16)17)18-8-7-15-5-1-2-6-15/h3-4,9H,1-2,5-8,14H2,(H,16,17). The number of ether oxygens (including phenoxy) is 1. The first-order chi connectivity index (χ1) is 8.66. The minimum atomic E-state index is -1.02. The summed E-state index contributed by atoms with van der Waals surface area (Å²) in [5.41, 5.74) is 6.12. The van der Waals surface area contributed by atoms with E-state index in [1.54, 1.807) is 12.1 Å². The van der Waals surface area contributed by atoms with Crippen LogP contribution in [0.2, 0.25) is 0 Å². The first-order valence-electron chi connectivity index (χ1n) is 6.15. The molecule has 5 nitrogen and oxygen atoms in total. The second kappa shape index (κ2) is 5.73. The lowest BCUT2D eigenvalue weighted by Gasteiger charge is -2.15. The van der Waals surface area contributed by atoms with Gasteiger partial charge in [0.25, 0.3) is 0 Å². The molecule has 3 N–H and O–H groups in total. The quantitative estimate of drug-likeness (QED) is 0.773. The molecule has 5 heteroatoms. The fourth-order valence-corrected chi connectivity index (χ4v) is 2.13. The Bertz CT molecular complexity index is 428. The molecule has 0 aliphatic carbocycles. The van der Waals surface area contributed by atoms with Gasteiger partial charge in [0, 0.05) is 12.2 Å². The van der Waals surface area contributed by atoms with E-state index in [1.807, 2.05) is 0 Å². The van der Waals surface area contributed by atoms with Crippen molar-refractivity contribution in [1.29, 1.82) is 0 Å². The smallest absolute Gasteiger partial charge is 0.339 e. The van der Waals surface area contributed by atoms with E-state index in [0.29, 0.717) is 18.0 Å². The molecule has 18 heavy (non-hydrogen) atoms.